The Kier molecular flexibility index (Phi) is 6.61. The van der Waals surface area contributed by atoms with Crippen molar-refractivity contribution in [3.8, 4) is 0 Å². The van der Waals surface area contributed by atoms with E-state index in [1.165, 1.54) is 0 Å². The van der Waals surface area contributed by atoms with E-state index in [2.05, 4.69) is 0 Å². The summed E-state index contributed by atoms with van der Waals surface area (Å²) in [5.41, 5.74) is -0.592. The summed E-state index contributed by atoms with van der Waals surface area (Å²) in [6.45, 7) is 5.03. The molecule has 1 heterocycles. The zero-order chi connectivity index (χ0) is 22.1. The maximum atomic E-state index is 11.9. The number of carbonyl (C=O) groups excluding carboxylic acids is 3. The van der Waals surface area contributed by atoms with Crippen LogP contribution in [0.3, 0.4) is 0 Å². The molecule has 11 heteroatoms. The number of carbonyl (C=O) groups is 3. The summed E-state index contributed by atoms with van der Waals surface area (Å²) in [4.78, 5) is 35.3. The van der Waals surface area contributed by atoms with E-state index in [9.17, 15) is 22.8 Å². The van der Waals surface area contributed by atoms with Crippen molar-refractivity contribution >= 4 is 28.2 Å². The van der Waals surface area contributed by atoms with Gasteiger partial charge >= 0.3 is 18.1 Å². The lowest BCUT2D eigenvalue weighted by Gasteiger charge is -2.24. The molecular formula is C19H28O10S. The van der Waals surface area contributed by atoms with Crippen LogP contribution in [-0.4, -0.2) is 63.8 Å². The van der Waals surface area contributed by atoms with Crippen LogP contribution in [0.2, 0.25) is 0 Å². The van der Waals surface area contributed by atoms with Crippen molar-refractivity contribution in [1.29, 1.82) is 0 Å². The SMILES string of the molecule is CCC(C)(C)C(=O)OCCOC(=O)CCOC(=O)OC1C2CC3C1OS(=O)(=O)C3C2. The van der Waals surface area contributed by atoms with Gasteiger partial charge in [0.2, 0.25) is 0 Å². The summed E-state index contributed by atoms with van der Waals surface area (Å²) in [5, 5.41) is -0.495. The predicted molar refractivity (Wildman–Crippen MR) is 101 cm³/mol. The Hall–Kier alpha value is -1.88. The van der Waals surface area contributed by atoms with Crippen LogP contribution >= 0.6 is 0 Å². The van der Waals surface area contributed by atoms with E-state index in [1.807, 2.05) is 6.92 Å². The Morgan fingerprint density at radius 1 is 1.03 bits per heavy atom. The smallest absolute Gasteiger partial charge is 0.462 e. The Labute approximate surface area is 175 Å². The lowest BCUT2D eigenvalue weighted by Crippen LogP contribution is -2.37. The molecule has 1 aliphatic heterocycles. The molecule has 5 atom stereocenters. The molecule has 2 saturated carbocycles. The van der Waals surface area contributed by atoms with Crippen LogP contribution in [0.4, 0.5) is 4.79 Å². The third kappa shape index (κ3) is 4.72. The van der Waals surface area contributed by atoms with Gasteiger partial charge in [-0.3, -0.25) is 13.8 Å². The molecule has 0 N–H and O–H groups in total. The minimum absolute atomic E-state index is 0.0492. The molecule has 3 aliphatic rings. The highest BCUT2D eigenvalue weighted by atomic mass is 32.2. The van der Waals surface area contributed by atoms with Gasteiger partial charge in [0.15, 0.2) is 0 Å². The van der Waals surface area contributed by atoms with E-state index in [1.54, 1.807) is 13.8 Å². The minimum atomic E-state index is -3.58. The molecule has 0 aromatic carbocycles. The number of esters is 2. The van der Waals surface area contributed by atoms with E-state index in [4.69, 9.17) is 23.1 Å². The number of hydrogen-bond acceptors (Lipinski definition) is 10. The van der Waals surface area contributed by atoms with Crippen LogP contribution in [0.5, 0.6) is 0 Å². The Morgan fingerprint density at radius 2 is 1.73 bits per heavy atom. The van der Waals surface area contributed by atoms with E-state index >= 15 is 0 Å². The standard InChI is InChI=1S/C19H28O10S/c1-4-19(2,3)17(21)26-8-7-25-14(20)5-6-27-18(22)28-15-11-9-12-13(10-11)30(23,24)29-16(12)15/h11-13,15-16H,4-10H2,1-3H3. The summed E-state index contributed by atoms with van der Waals surface area (Å²) in [6, 6.07) is 0. The zero-order valence-electron chi connectivity index (χ0n) is 17.3. The molecule has 1 saturated heterocycles. The van der Waals surface area contributed by atoms with Crippen molar-refractivity contribution in [3.05, 3.63) is 0 Å². The van der Waals surface area contributed by atoms with Crippen molar-refractivity contribution in [3.63, 3.8) is 0 Å². The first kappa shape index (κ1) is 22.8. The summed E-state index contributed by atoms with van der Waals surface area (Å²) >= 11 is 0. The molecular weight excluding hydrogens is 420 g/mol. The normalized spacial score (nSPS) is 30.7. The fourth-order valence-corrected chi connectivity index (χ4v) is 5.99. The monoisotopic (exact) mass is 448 g/mol. The molecule has 0 aromatic heterocycles. The molecule has 0 spiro atoms. The second-order valence-corrected chi connectivity index (χ2v) is 10.3. The maximum Gasteiger partial charge on any atom is 0.508 e. The topological polar surface area (TPSA) is 132 Å². The van der Waals surface area contributed by atoms with Crippen molar-refractivity contribution in [2.75, 3.05) is 19.8 Å². The van der Waals surface area contributed by atoms with Crippen molar-refractivity contribution in [2.45, 2.75) is 63.9 Å². The van der Waals surface area contributed by atoms with Crippen LogP contribution in [-0.2, 0) is 42.8 Å². The van der Waals surface area contributed by atoms with Gasteiger partial charge in [0.25, 0.3) is 10.1 Å². The molecule has 3 fully saturated rings. The van der Waals surface area contributed by atoms with Gasteiger partial charge in [0.05, 0.1) is 17.1 Å². The van der Waals surface area contributed by atoms with Crippen LogP contribution in [0.15, 0.2) is 0 Å². The van der Waals surface area contributed by atoms with E-state index in [0.29, 0.717) is 19.3 Å². The van der Waals surface area contributed by atoms with Crippen LogP contribution in [0.25, 0.3) is 0 Å². The van der Waals surface area contributed by atoms with Crippen LogP contribution < -0.4 is 0 Å². The van der Waals surface area contributed by atoms with Crippen LogP contribution in [0.1, 0.15) is 46.5 Å². The first-order valence-corrected chi connectivity index (χ1v) is 11.6. The van der Waals surface area contributed by atoms with Crippen molar-refractivity contribution in [1.82, 2.24) is 0 Å². The molecule has 0 aromatic rings. The first-order chi connectivity index (χ1) is 14.0. The van der Waals surface area contributed by atoms with Gasteiger partial charge in [0.1, 0.15) is 32.0 Å². The van der Waals surface area contributed by atoms with Gasteiger partial charge in [-0.2, -0.15) is 8.42 Å². The molecule has 3 rings (SSSR count). The third-order valence-corrected chi connectivity index (χ3v) is 7.96. The lowest BCUT2D eigenvalue weighted by molar-refractivity contribution is -0.159. The highest BCUT2D eigenvalue weighted by Gasteiger charge is 2.65. The summed E-state index contributed by atoms with van der Waals surface area (Å²) in [6.07, 6.45) is -0.740. The van der Waals surface area contributed by atoms with Crippen LogP contribution in [0, 0.1) is 17.3 Å². The molecule has 30 heavy (non-hydrogen) atoms. The predicted octanol–water partition coefficient (Wildman–Crippen LogP) is 1.56. The summed E-state index contributed by atoms with van der Waals surface area (Å²) in [5.74, 6) is -1.16. The molecule has 10 nitrogen and oxygen atoms in total. The Bertz CT molecular complexity index is 789. The highest BCUT2D eigenvalue weighted by molar-refractivity contribution is 7.87. The fraction of sp³-hybridized carbons (Fsp3) is 0.842. The summed E-state index contributed by atoms with van der Waals surface area (Å²) in [7, 11) is -3.58. The molecule has 0 radical (unpaired) electrons. The summed E-state index contributed by atoms with van der Waals surface area (Å²) < 4.78 is 49.0. The molecule has 2 bridgehead atoms. The van der Waals surface area contributed by atoms with E-state index in [-0.39, 0.29) is 44.0 Å². The minimum Gasteiger partial charge on any atom is -0.462 e. The number of rotatable bonds is 9. The molecule has 170 valence electrons. The number of ether oxygens (including phenoxy) is 4. The third-order valence-electron chi connectivity index (χ3n) is 6.19. The van der Waals surface area contributed by atoms with Gasteiger partial charge in [-0.15, -0.1) is 0 Å². The highest BCUT2D eigenvalue weighted by Crippen LogP contribution is 2.55. The van der Waals surface area contributed by atoms with Gasteiger partial charge in [-0.25, -0.2) is 4.79 Å². The average molecular weight is 448 g/mol. The second kappa shape index (κ2) is 8.70. The number of fused-ring (bicyclic) bond motifs is 1. The van der Waals surface area contributed by atoms with Gasteiger partial charge in [-0.05, 0) is 33.1 Å². The molecule has 2 aliphatic carbocycles. The average Bonchev–Trinajstić information content (AvgIpc) is 3.29. The second-order valence-electron chi connectivity index (χ2n) is 8.51. The van der Waals surface area contributed by atoms with Gasteiger partial charge in [0, 0.05) is 11.8 Å². The zero-order valence-corrected chi connectivity index (χ0v) is 18.1. The van der Waals surface area contributed by atoms with Crippen molar-refractivity contribution < 1.29 is 45.9 Å². The van der Waals surface area contributed by atoms with E-state index < -0.39 is 45.1 Å². The van der Waals surface area contributed by atoms with Crippen molar-refractivity contribution in [2.24, 2.45) is 17.3 Å². The molecule has 5 unspecified atom stereocenters. The Balaban J connectivity index is 1.29. The molecule has 0 amide bonds. The van der Waals surface area contributed by atoms with Gasteiger partial charge < -0.3 is 18.9 Å². The van der Waals surface area contributed by atoms with Gasteiger partial charge in [-0.1, -0.05) is 6.92 Å². The largest absolute Gasteiger partial charge is 0.508 e. The number of hydrogen-bond donors (Lipinski definition) is 0. The fourth-order valence-electron chi connectivity index (χ4n) is 4.11. The lowest BCUT2D eigenvalue weighted by atomic mass is 9.91. The first-order valence-electron chi connectivity index (χ1n) is 10.1. The quantitative estimate of drug-likeness (QED) is 0.221. The Morgan fingerprint density at radius 3 is 2.43 bits per heavy atom. The van der Waals surface area contributed by atoms with E-state index in [0.717, 1.165) is 0 Å². The maximum absolute atomic E-state index is 11.9.